The molecule has 3 nitrogen and oxygen atoms in total. The number of amides is 1. The van der Waals surface area contributed by atoms with Gasteiger partial charge in [0.25, 0.3) is 0 Å². The van der Waals surface area contributed by atoms with Crippen LogP contribution in [0.3, 0.4) is 0 Å². The average Bonchev–Trinajstić information content (AvgIpc) is 2.29. The predicted octanol–water partition coefficient (Wildman–Crippen LogP) is 3.41. The van der Waals surface area contributed by atoms with Crippen LogP contribution >= 0.6 is 0 Å². The fourth-order valence-corrected chi connectivity index (χ4v) is 1.74. The third kappa shape index (κ3) is 4.32. The van der Waals surface area contributed by atoms with Crippen molar-refractivity contribution in [1.82, 2.24) is 0 Å². The number of halogens is 4. The molecule has 0 saturated heterocycles. The van der Waals surface area contributed by atoms with Crippen molar-refractivity contribution in [3.8, 4) is 0 Å². The molecule has 0 aliphatic rings. The van der Waals surface area contributed by atoms with Gasteiger partial charge in [-0.2, -0.15) is 13.2 Å². The zero-order valence-corrected chi connectivity index (χ0v) is 10.8. The van der Waals surface area contributed by atoms with Gasteiger partial charge in [-0.05, 0) is 36.6 Å². The maximum absolute atomic E-state index is 13.6. The molecule has 0 heterocycles. The SMILES string of the molecule is CC(=O)C[C@@H](C)c1cc(NC(=O)C(F)(F)F)ccc1F. The molecular weight excluding hydrogens is 278 g/mol. The van der Waals surface area contributed by atoms with E-state index in [9.17, 15) is 27.2 Å². The van der Waals surface area contributed by atoms with E-state index in [0.29, 0.717) is 0 Å². The number of ketones is 1. The molecule has 0 spiro atoms. The molecule has 7 heteroatoms. The molecule has 1 atom stereocenters. The number of benzene rings is 1. The summed E-state index contributed by atoms with van der Waals surface area (Å²) in [5.74, 6) is -3.42. The highest BCUT2D eigenvalue weighted by Gasteiger charge is 2.38. The van der Waals surface area contributed by atoms with Gasteiger partial charge in [-0.1, -0.05) is 6.92 Å². The van der Waals surface area contributed by atoms with Crippen LogP contribution in [0, 0.1) is 5.82 Å². The smallest absolute Gasteiger partial charge is 0.318 e. The summed E-state index contributed by atoms with van der Waals surface area (Å²) in [5, 5.41) is 1.64. The van der Waals surface area contributed by atoms with Crippen LogP contribution in [0.1, 0.15) is 31.7 Å². The van der Waals surface area contributed by atoms with E-state index in [0.717, 1.165) is 18.2 Å². The molecule has 20 heavy (non-hydrogen) atoms. The summed E-state index contributed by atoms with van der Waals surface area (Å²) in [6.45, 7) is 2.92. The third-order valence-corrected chi connectivity index (χ3v) is 2.64. The van der Waals surface area contributed by atoms with Gasteiger partial charge in [0.15, 0.2) is 0 Å². The van der Waals surface area contributed by atoms with Crippen LogP contribution in [-0.2, 0) is 9.59 Å². The Morgan fingerprint density at radius 3 is 2.40 bits per heavy atom. The van der Waals surface area contributed by atoms with Gasteiger partial charge in [-0.3, -0.25) is 4.79 Å². The minimum Gasteiger partial charge on any atom is -0.318 e. The molecule has 0 saturated carbocycles. The van der Waals surface area contributed by atoms with Crippen molar-refractivity contribution in [2.45, 2.75) is 32.4 Å². The van der Waals surface area contributed by atoms with Crippen LogP contribution < -0.4 is 5.32 Å². The molecule has 0 bridgehead atoms. The van der Waals surface area contributed by atoms with Crippen molar-refractivity contribution in [3.05, 3.63) is 29.6 Å². The molecule has 110 valence electrons. The number of hydrogen-bond donors (Lipinski definition) is 1. The van der Waals surface area contributed by atoms with Crippen LogP contribution in [0.4, 0.5) is 23.2 Å². The van der Waals surface area contributed by atoms with E-state index in [1.165, 1.54) is 6.92 Å². The summed E-state index contributed by atoms with van der Waals surface area (Å²) < 4.78 is 49.9. The number of Topliss-reactive ketones (excluding diaryl/α,β-unsaturated/α-hetero) is 1. The van der Waals surface area contributed by atoms with E-state index in [-0.39, 0.29) is 23.5 Å². The van der Waals surface area contributed by atoms with E-state index >= 15 is 0 Å². The van der Waals surface area contributed by atoms with E-state index in [4.69, 9.17) is 0 Å². The maximum Gasteiger partial charge on any atom is 0.471 e. The van der Waals surface area contributed by atoms with Crippen molar-refractivity contribution >= 4 is 17.4 Å². The molecule has 0 aromatic heterocycles. The van der Waals surface area contributed by atoms with Gasteiger partial charge in [-0.15, -0.1) is 0 Å². The van der Waals surface area contributed by atoms with Crippen molar-refractivity contribution in [2.75, 3.05) is 5.32 Å². The van der Waals surface area contributed by atoms with Crippen LogP contribution in [0.15, 0.2) is 18.2 Å². The summed E-state index contributed by atoms with van der Waals surface area (Å²) >= 11 is 0. The molecular formula is C13H13F4NO2. The zero-order chi connectivity index (χ0) is 15.5. The van der Waals surface area contributed by atoms with Gasteiger partial charge < -0.3 is 10.1 Å². The normalized spacial score (nSPS) is 12.9. The second-order valence-electron chi connectivity index (χ2n) is 4.50. The lowest BCUT2D eigenvalue weighted by Gasteiger charge is -2.14. The first-order valence-electron chi connectivity index (χ1n) is 5.78. The third-order valence-electron chi connectivity index (χ3n) is 2.64. The Balaban J connectivity index is 2.97. The van der Waals surface area contributed by atoms with Crippen LogP contribution in [0.2, 0.25) is 0 Å². The molecule has 0 radical (unpaired) electrons. The fourth-order valence-electron chi connectivity index (χ4n) is 1.74. The Bertz CT molecular complexity index is 526. The topological polar surface area (TPSA) is 46.2 Å². The Hall–Kier alpha value is -1.92. The minimum absolute atomic E-state index is 0.0631. The Morgan fingerprint density at radius 1 is 1.30 bits per heavy atom. The van der Waals surface area contributed by atoms with E-state index in [1.807, 2.05) is 0 Å². The quantitative estimate of drug-likeness (QED) is 0.864. The number of anilines is 1. The molecule has 0 fully saturated rings. The lowest BCUT2D eigenvalue weighted by molar-refractivity contribution is -0.167. The number of carbonyl (C=O) groups is 2. The van der Waals surface area contributed by atoms with Crippen molar-refractivity contribution < 1.29 is 27.2 Å². The Kier molecular flexibility index (Phi) is 4.86. The summed E-state index contributed by atoms with van der Waals surface area (Å²) in [6, 6.07) is 3.09. The summed E-state index contributed by atoms with van der Waals surface area (Å²) in [4.78, 5) is 21.8. The number of carbonyl (C=O) groups excluding carboxylic acids is 2. The molecule has 1 aromatic carbocycles. The zero-order valence-electron chi connectivity index (χ0n) is 10.8. The minimum atomic E-state index is -5.01. The Morgan fingerprint density at radius 2 is 1.90 bits per heavy atom. The van der Waals surface area contributed by atoms with Crippen molar-refractivity contribution in [1.29, 1.82) is 0 Å². The number of alkyl halides is 3. The van der Waals surface area contributed by atoms with Crippen LogP contribution in [0.25, 0.3) is 0 Å². The summed E-state index contributed by atoms with van der Waals surface area (Å²) in [6.07, 6.45) is -4.95. The molecule has 0 aliphatic carbocycles. The molecule has 0 aliphatic heterocycles. The average molecular weight is 291 g/mol. The van der Waals surface area contributed by atoms with Gasteiger partial charge in [0.05, 0.1) is 0 Å². The number of nitrogens with one attached hydrogen (secondary N) is 1. The second-order valence-corrected chi connectivity index (χ2v) is 4.50. The first-order valence-corrected chi connectivity index (χ1v) is 5.78. The predicted molar refractivity (Wildman–Crippen MR) is 64.8 cm³/mol. The first kappa shape index (κ1) is 16.1. The van der Waals surface area contributed by atoms with Crippen molar-refractivity contribution in [3.63, 3.8) is 0 Å². The monoisotopic (exact) mass is 291 g/mol. The highest BCUT2D eigenvalue weighted by Crippen LogP contribution is 2.26. The van der Waals surface area contributed by atoms with E-state index in [1.54, 1.807) is 12.2 Å². The summed E-state index contributed by atoms with van der Waals surface area (Å²) in [7, 11) is 0. The van der Waals surface area contributed by atoms with E-state index in [2.05, 4.69) is 0 Å². The van der Waals surface area contributed by atoms with Gasteiger partial charge in [0.2, 0.25) is 0 Å². The van der Waals surface area contributed by atoms with Gasteiger partial charge in [-0.25, -0.2) is 4.39 Å². The molecule has 1 aromatic rings. The van der Waals surface area contributed by atoms with Crippen molar-refractivity contribution in [2.24, 2.45) is 0 Å². The largest absolute Gasteiger partial charge is 0.471 e. The second kappa shape index (κ2) is 6.02. The first-order chi connectivity index (χ1) is 9.11. The molecule has 1 N–H and O–H groups in total. The molecule has 1 amide bonds. The highest BCUT2D eigenvalue weighted by atomic mass is 19.4. The van der Waals surface area contributed by atoms with E-state index < -0.39 is 23.8 Å². The number of hydrogen-bond acceptors (Lipinski definition) is 2. The van der Waals surface area contributed by atoms with Gasteiger partial charge in [0.1, 0.15) is 11.6 Å². The molecule has 0 unspecified atom stereocenters. The number of rotatable bonds is 4. The maximum atomic E-state index is 13.6. The lowest BCUT2D eigenvalue weighted by atomic mass is 9.95. The lowest BCUT2D eigenvalue weighted by Crippen LogP contribution is -2.30. The van der Waals surface area contributed by atoms with Gasteiger partial charge >= 0.3 is 12.1 Å². The highest BCUT2D eigenvalue weighted by molar-refractivity contribution is 5.95. The standard InChI is InChI=1S/C13H13F4NO2/c1-7(5-8(2)19)10-6-9(3-4-11(10)14)18-12(20)13(15,16)17/h3-4,6-7H,5H2,1-2H3,(H,18,20)/t7-/m1/s1. The Labute approximate surface area is 113 Å². The van der Waals surface area contributed by atoms with Crippen LogP contribution in [-0.4, -0.2) is 17.9 Å². The summed E-state index contributed by atoms with van der Waals surface area (Å²) in [5.41, 5.74) is -0.0840. The van der Waals surface area contributed by atoms with Gasteiger partial charge in [0, 0.05) is 12.1 Å². The molecule has 1 rings (SSSR count). The van der Waals surface area contributed by atoms with Crippen LogP contribution in [0.5, 0.6) is 0 Å². The fraction of sp³-hybridized carbons (Fsp3) is 0.385.